The molecule has 5 heteroatoms. The normalized spacial score (nSPS) is 38.5. The van der Waals surface area contributed by atoms with Crippen molar-refractivity contribution in [1.82, 2.24) is 9.80 Å². The number of nitrogens with zero attached hydrogens (tertiary/aromatic N) is 2. The maximum absolute atomic E-state index is 12.7. The smallest absolute Gasteiger partial charge is 0.226 e. The first kappa shape index (κ1) is 15.7. The van der Waals surface area contributed by atoms with Crippen LogP contribution in [0.4, 0.5) is 0 Å². The quantitative estimate of drug-likeness (QED) is 0.780. The maximum Gasteiger partial charge on any atom is 0.226 e. The van der Waals surface area contributed by atoms with Gasteiger partial charge in [0.05, 0.1) is 6.10 Å². The Bertz CT molecular complexity index is 348. The Labute approximate surface area is 122 Å². The Morgan fingerprint density at radius 3 is 2.65 bits per heavy atom. The number of hydrogen-bond acceptors (Lipinski definition) is 4. The largest absolute Gasteiger partial charge is 0.391 e. The Balaban J connectivity index is 1.99. The second-order valence-corrected chi connectivity index (χ2v) is 6.95. The first-order valence-corrected chi connectivity index (χ1v) is 7.77. The van der Waals surface area contributed by atoms with E-state index in [-0.39, 0.29) is 30.0 Å². The number of likely N-dealkylation sites (tertiary alicyclic amines) is 1. The molecule has 5 atom stereocenters. The number of likely N-dealkylation sites (N-methyl/N-ethyl adjacent to an activating group) is 1. The molecule has 2 rings (SSSR count). The van der Waals surface area contributed by atoms with Crippen molar-refractivity contribution in [2.24, 2.45) is 17.6 Å². The van der Waals surface area contributed by atoms with Gasteiger partial charge in [0.2, 0.25) is 5.91 Å². The number of amides is 1. The number of aliphatic hydroxyl groups is 1. The van der Waals surface area contributed by atoms with Gasteiger partial charge in [-0.1, -0.05) is 6.92 Å². The van der Waals surface area contributed by atoms with Crippen LogP contribution in [0.1, 0.15) is 32.6 Å². The van der Waals surface area contributed by atoms with Gasteiger partial charge in [-0.25, -0.2) is 0 Å². The highest BCUT2D eigenvalue weighted by atomic mass is 16.3. The molecule has 1 aliphatic carbocycles. The van der Waals surface area contributed by atoms with Crippen LogP contribution in [-0.2, 0) is 4.79 Å². The second-order valence-electron chi connectivity index (χ2n) is 6.95. The number of aliphatic hydroxyl groups excluding tert-OH is 1. The van der Waals surface area contributed by atoms with Gasteiger partial charge in [0, 0.05) is 31.1 Å². The molecule has 20 heavy (non-hydrogen) atoms. The fraction of sp³-hybridized carbons (Fsp3) is 0.933. The first-order valence-electron chi connectivity index (χ1n) is 7.77. The highest BCUT2D eigenvalue weighted by Crippen LogP contribution is 2.31. The predicted octanol–water partition coefficient (Wildman–Crippen LogP) is 0.273. The molecule has 0 aromatic rings. The molecule has 2 fully saturated rings. The van der Waals surface area contributed by atoms with Gasteiger partial charge in [0.15, 0.2) is 0 Å². The van der Waals surface area contributed by atoms with Crippen LogP contribution in [0.25, 0.3) is 0 Å². The van der Waals surface area contributed by atoms with Crippen molar-refractivity contribution in [3.63, 3.8) is 0 Å². The third kappa shape index (κ3) is 3.51. The van der Waals surface area contributed by atoms with Crippen LogP contribution in [0.3, 0.4) is 0 Å². The summed E-state index contributed by atoms with van der Waals surface area (Å²) in [4.78, 5) is 16.7. The minimum absolute atomic E-state index is 0.0970. The van der Waals surface area contributed by atoms with Gasteiger partial charge in [-0.3, -0.25) is 4.79 Å². The van der Waals surface area contributed by atoms with E-state index < -0.39 is 0 Å². The Morgan fingerprint density at radius 1 is 1.35 bits per heavy atom. The lowest BCUT2D eigenvalue weighted by Crippen LogP contribution is -2.46. The number of rotatable bonds is 3. The molecule has 5 unspecified atom stereocenters. The zero-order valence-corrected chi connectivity index (χ0v) is 13.0. The Hall–Kier alpha value is -0.650. The highest BCUT2D eigenvalue weighted by molar-refractivity contribution is 5.79. The fourth-order valence-electron chi connectivity index (χ4n) is 3.63. The third-order valence-electron chi connectivity index (χ3n) is 4.84. The van der Waals surface area contributed by atoms with E-state index in [2.05, 4.69) is 11.8 Å². The van der Waals surface area contributed by atoms with Crippen LogP contribution in [0, 0.1) is 11.8 Å². The minimum atomic E-state index is -0.368. The molecule has 1 saturated heterocycles. The summed E-state index contributed by atoms with van der Waals surface area (Å²) in [6.07, 6.45) is 3.05. The van der Waals surface area contributed by atoms with Crippen LogP contribution in [0.2, 0.25) is 0 Å². The van der Waals surface area contributed by atoms with Crippen molar-refractivity contribution in [3.8, 4) is 0 Å². The summed E-state index contributed by atoms with van der Waals surface area (Å²) < 4.78 is 0. The van der Waals surface area contributed by atoms with Gasteiger partial charge in [-0.2, -0.15) is 0 Å². The average molecular weight is 283 g/mol. The van der Waals surface area contributed by atoms with E-state index in [0.717, 1.165) is 25.8 Å². The van der Waals surface area contributed by atoms with E-state index in [1.165, 1.54) is 0 Å². The zero-order chi connectivity index (χ0) is 14.9. The Kier molecular flexibility index (Phi) is 5.04. The van der Waals surface area contributed by atoms with Crippen LogP contribution >= 0.6 is 0 Å². The molecule has 116 valence electrons. The van der Waals surface area contributed by atoms with Crippen LogP contribution in [-0.4, -0.2) is 66.2 Å². The number of β-amino-alcohol motifs (C(OH)–C–C–N with tert-alkyl or cyclic N) is 1. The molecule has 0 aromatic heterocycles. The lowest BCUT2D eigenvalue weighted by Gasteiger charge is -2.35. The van der Waals surface area contributed by atoms with Gasteiger partial charge >= 0.3 is 0 Å². The molecule has 5 nitrogen and oxygen atoms in total. The molecule has 0 bridgehead atoms. The minimum Gasteiger partial charge on any atom is -0.391 e. The zero-order valence-electron chi connectivity index (χ0n) is 13.0. The molecule has 1 aliphatic heterocycles. The molecule has 3 N–H and O–H groups in total. The summed E-state index contributed by atoms with van der Waals surface area (Å²) in [5.74, 6) is 0.740. The summed E-state index contributed by atoms with van der Waals surface area (Å²) in [7, 11) is 4.02. The lowest BCUT2D eigenvalue weighted by atomic mass is 9.78. The number of carbonyl (C=O) groups excluding carboxylic acids is 1. The standard InChI is InChI=1S/C15H29N3O2/c1-10-6-11(4-5-14(10)16)15(20)18-9-13(19)7-12(18)8-17(2)3/h10-14,19H,4-9,16H2,1-3H3. The molecule has 0 spiro atoms. The number of hydrogen-bond donors (Lipinski definition) is 2. The van der Waals surface area contributed by atoms with Crippen molar-refractivity contribution >= 4 is 5.91 Å². The molecule has 0 aromatic carbocycles. The van der Waals surface area contributed by atoms with Crippen molar-refractivity contribution in [2.45, 2.75) is 50.8 Å². The molecule has 0 radical (unpaired) electrons. The summed E-state index contributed by atoms with van der Waals surface area (Å²) in [6.45, 7) is 3.46. The first-order chi connectivity index (χ1) is 9.38. The SMILES string of the molecule is CC1CC(C(=O)N2CC(O)CC2CN(C)C)CCC1N. The average Bonchev–Trinajstić information content (AvgIpc) is 2.72. The number of carbonyl (C=O) groups is 1. The van der Waals surface area contributed by atoms with Crippen LogP contribution in [0.15, 0.2) is 0 Å². The second kappa shape index (κ2) is 6.41. The highest BCUT2D eigenvalue weighted by Gasteiger charge is 2.39. The summed E-state index contributed by atoms with van der Waals surface area (Å²) in [5.41, 5.74) is 6.04. The van der Waals surface area contributed by atoms with Gasteiger partial charge in [-0.05, 0) is 45.7 Å². The van der Waals surface area contributed by atoms with Crippen LogP contribution < -0.4 is 5.73 Å². The fourth-order valence-corrected chi connectivity index (χ4v) is 3.63. The van der Waals surface area contributed by atoms with E-state index >= 15 is 0 Å². The van der Waals surface area contributed by atoms with Gasteiger partial charge in [0.25, 0.3) is 0 Å². The molecule has 1 heterocycles. The van der Waals surface area contributed by atoms with Gasteiger partial charge in [0.1, 0.15) is 0 Å². The Morgan fingerprint density at radius 2 is 2.05 bits per heavy atom. The van der Waals surface area contributed by atoms with Crippen molar-refractivity contribution < 1.29 is 9.90 Å². The van der Waals surface area contributed by atoms with Crippen molar-refractivity contribution in [3.05, 3.63) is 0 Å². The predicted molar refractivity (Wildman–Crippen MR) is 79.2 cm³/mol. The van der Waals surface area contributed by atoms with Gasteiger partial charge < -0.3 is 20.6 Å². The van der Waals surface area contributed by atoms with E-state index in [4.69, 9.17) is 5.73 Å². The summed E-state index contributed by atoms with van der Waals surface area (Å²) in [5, 5.41) is 9.89. The van der Waals surface area contributed by atoms with E-state index in [0.29, 0.717) is 18.9 Å². The van der Waals surface area contributed by atoms with E-state index in [1.807, 2.05) is 19.0 Å². The molecular weight excluding hydrogens is 254 g/mol. The lowest BCUT2D eigenvalue weighted by molar-refractivity contribution is -0.138. The monoisotopic (exact) mass is 283 g/mol. The number of nitrogens with two attached hydrogens (primary N) is 1. The molecular formula is C15H29N3O2. The molecule has 1 amide bonds. The third-order valence-corrected chi connectivity index (χ3v) is 4.84. The summed E-state index contributed by atoms with van der Waals surface area (Å²) >= 11 is 0. The van der Waals surface area contributed by atoms with E-state index in [1.54, 1.807) is 0 Å². The summed E-state index contributed by atoms with van der Waals surface area (Å²) in [6, 6.07) is 0.388. The maximum atomic E-state index is 12.7. The van der Waals surface area contributed by atoms with Crippen molar-refractivity contribution in [2.75, 3.05) is 27.2 Å². The van der Waals surface area contributed by atoms with E-state index in [9.17, 15) is 9.90 Å². The van der Waals surface area contributed by atoms with Gasteiger partial charge in [-0.15, -0.1) is 0 Å². The van der Waals surface area contributed by atoms with Crippen molar-refractivity contribution in [1.29, 1.82) is 0 Å². The van der Waals surface area contributed by atoms with Crippen LogP contribution in [0.5, 0.6) is 0 Å². The molecule has 2 aliphatic rings. The molecule has 1 saturated carbocycles. The topological polar surface area (TPSA) is 69.8 Å².